The van der Waals surface area contributed by atoms with Crippen LogP contribution in [0.1, 0.15) is 49.0 Å². The number of nitrogens with one attached hydrogen (secondary N) is 1. The maximum atomic E-state index is 13.3. The van der Waals surface area contributed by atoms with Crippen molar-refractivity contribution in [3.63, 3.8) is 0 Å². The minimum atomic E-state index is -0.681. The van der Waals surface area contributed by atoms with Crippen LogP contribution in [-0.4, -0.2) is 59.7 Å². The monoisotopic (exact) mass is 467 g/mol. The lowest BCUT2D eigenvalue weighted by atomic mass is 9.88. The molecule has 7 heteroatoms. The van der Waals surface area contributed by atoms with E-state index < -0.39 is 17.8 Å². The summed E-state index contributed by atoms with van der Waals surface area (Å²) < 4.78 is 13.3. The van der Waals surface area contributed by atoms with Gasteiger partial charge in [0.1, 0.15) is 11.9 Å². The number of aryl methyl sites for hydroxylation is 1. The van der Waals surface area contributed by atoms with Gasteiger partial charge in [-0.05, 0) is 68.9 Å². The standard InChI is InChI=1S/C27H34FN3O3/c1-3-30(4-2)27(34)25(29-26(33)22-11-13-23(28)14-12-22)21-16-18-31(19-17-21)24(32)15-10-20-8-6-5-7-9-20/h5-9,11-14,21,25H,3-4,10,15-19H2,1-2H3,(H,29,33). The Labute approximate surface area is 201 Å². The molecule has 0 spiro atoms. The summed E-state index contributed by atoms with van der Waals surface area (Å²) in [6.45, 7) is 6.05. The Balaban J connectivity index is 1.63. The van der Waals surface area contributed by atoms with Gasteiger partial charge >= 0.3 is 0 Å². The van der Waals surface area contributed by atoms with Crippen LogP contribution in [-0.2, 0) is 16.0 Å². The number of carbonyl (C=O) groups excluding carboxylic acids is 3. The average Bonchev–Trinajstić information content (AvgIpc) is 2.87. The van der Waals surface area contributed by atoms with Gasteiger partial charge in [0.15, 0.2) is 0 Å². The molecule has 1 fully saturated rings. The molecule has 2 aromatic carbocycles. The third-order valence-electron chi connectivity index (χ3n) is 6.57. The highest BCUT2D eigenvalue weighted by atomic mass is 19.1. The Morgan fingerprint density at radius 2 is 1.62 bits per heavy atom. The van der Waals surface area contributed by atoms with Crippen LogP contribution in [0, 0.1) is 11.7 Å². The van der Waals surface area contributed by atoms with Crippen LogP contribution in [0.15, 0.2) is 54.6 Å². The molecule has 1 saturated heterocycles. The zero-order valence-electron chi connectivity index (χ0n) is 20.0. The molecular weight excluding hydrogens is 433 g/mol. The lowest BCUT2D eigenvalue weighted by molar-refractivity contribution is -0.136. The van der Waals surface area contributed by atoms with Gasteiger partial charge in [0, 0.05) is 38.2 Å². The third-order valence-corrected chi connectivity index (χ3v) is 6.57. The zero-order chi connectivity index (χ0) is 24.5. The first-order valence-corrected chi connectivity index (χ1v) is 12.1. The second-order valence-corrected chi connectivity index (χ2v) is 8.67. The number of amides is 3. The summed E-state index contributed by atoms with van der Waals surface area (Å²) in [5.41, 5.74) is 1.45. The Hall–Kier alpha value is -3.22. The van der Waals surface area contributed by atoms with E-state index in [1.54, 1.807) is 4.90 Å². The molecule has 3 amide bonds. The van der Waals surface area contributed by atoms with E-state index in [4.69, 9.17) is 0 Å². The number of benzene rings is 2. The number of halogens is 1. The molecule has 1 aliphatic rings. The van der Waals surface area contributed by atoms with Gasteiger partial charge in [-0.1, -0.05) is 30.3 Å². The molecule has 1 heterocycles. The van der Waals surface area contributed by atoms with Crippen molar-refractivity contribution < 1.29 is 18.8 Å². The van der Waals surface area contributed by atoms with E-state index in [1.807, 2.05) is 49.1 Å². The maximum absolute atomic E-state index is 13.3. The molecule has 1 N–H and O–H groups in total. The second kappa shape index (κ2) is 12.3. The lowest BCUT2D eigenvalue weighted by Gasteiger charge is -2.37. The number of piperidine rings is 1. The van der Waals surface area contributed by atoms with Crippen LogP contribution in [0.2, 0.25) is 0 Å². The van der Waals surface area contributed by atoms with E-state index in [-0.39, 0.29) is 17.7 Å². The number of likely N-dealkylation sites (tertiary alicyclic amines) is 1. The largest absolute Gasteiger partial charge is 0.343 e. The number of rotatable bonds is 9. The van der Waals surface area contributed by atoms with Gasteiger partial charge in [-0.25, -0.2) is 4.39 Å². The number of hydrogen-bond acceptors (Lipinski definition) is 3. The number of carbonyl (C=O) groups is 3. The highest BCUT2D eigenvalue weighted by molar-refractivity contribution is 5.97. The van der Waals surface area contributed by atoms with Crippen LogP contribution >= 0.6 is 0 Å². The highest BCUT2D eigenvalue weighted by Crippen LogP contribution is 2.23. The van der Waals surface area contributed by atoms with Crippen LogP contribution in [0.4, 0.5) is 4.39 Å². The molecule has 0 bridgehead atoms. The Morgan fingerprint density at radius 1 is 1.00 bits per heavy atom. The smallest absolute Gasteiger partial charge is 0.251 e. The van der Waals surface area contributed by atoms with Crippen molar-refractivity contribution in [2.75, 3.05) is 26.2 Å². The Morgan fingerprint density at radius 3 is 2.21 bits per heavy atom. The SMILES string of the molecule is CCN(CC)C(=O)C(NC(=O)c1ccc(F)cc1)C1CCN(C(=O)CCc2ccccc2)CC1. The molecule has 0 radical (unpaired) electrons. The fourth-order valence-electron chi connectivity index (χ4n) is 4.48. The molecule has 1 atom stereocenters. The van der Waals surface area contributed by atoms with Crippen molar-refractivity contribution >= 4 is 17.7 Å². The van der Waals surface area contributed by atoms with Crippen molar-refractivity contribution in [3.8, 4) is 0 Å². The van der Waals surface area contributed by atoms with Gasteiger partial charge in [0.05, 0.1) is 0 Å². The molecule has 0 aliphatic carbocycles. The summed E-state index contributed by atoms with van der Waals surface area (Å²) in [5, 5.41) is 2.91. The first-order valence-electron chi connectivity index (χ1n) is 12.1. The van der Waals surface area contributed by atoms with Crippen molar-refractivity contribution in [1.82, 2.24) is 15.1 Å². The second-order valence-electron chi connectivity index (χ2n) is 8.67. The van der Waals surface area contributed by atoms with Gasteiger partial charge in [-0.15, -0.1) is 0 Å². The van der Waals surface area contributed by atoms with Crippen molar-refractivity contribution in [2.24, 2.45) is 5.92 Å². The van der Waals surface area contributed by atoms with Crippen LogP contribution < -0.4 is 5.32 Å². The van der Waals surface area contributed by atoms with Crippen LogP contribution in [0.5, 0.6) is 0 Å². The molecule has 1 aliphatic heterocycles. The lowest BCUT2D eigenvalue weighted by Crippen LogP contribution is -2.54. The van der Waals surface area contributed by atoms with E-state index in [0.717, 1.165) is 5.56 Å². The molecule has 0 saturated carbocycles. The van der Waals surface area contributed by atoms with E-state index >= 15 is 0 Å². The third kappa shape index (κ3) is 6.65. The topological polar surface area (TPSA) is 69.7 Å². The summed E-state index contributed by atoms with van der Waals surface area (Å²) in [4.78, 5) is 42.4. The average molecular weight is 468 g/mol. The van der Waals surface area contributed by atoms with Crippen LogP contribution in [0.3, 0.4) is 0 Å². The van der Waals surface area contributed by atoms with Gasteiger partial charge in [-0.2, -0.15) is 0 Å². The molecule has 182 valence electrons. The van der Waals surface area contributed by atoms with Crippen LogP contribution in [0.25, 0.3) is 0 Å². The first kappa shape index (κ1) is 25.4. The van der Waals surface area contributed by atoms with E-state index in [1.165, 1.54) is 24.3 Å². The molecule has 1 unspecified atom stereocenters. The molecule has 2 aromatic rings. The van der Waals surface area contributed by atoms with Crippen molar-refractivity contribution in [3.05, 3.63) is 71.5 Å². The highest BCUT2D eigenvalue weighted by Gasteiger charge is 2.35. The maximum Gasteiger partial charge on any atom is 0.251 e. The van der Waals surface area contributed by atoms with Gasteiger partial charge in [0.2, 0.25) is 11.8 Å². The minimum Gasteiger partial charge on any atom is -0.343 e. The van der Waals surface area contributed by atoms with Crippen molar-refractivity contribution in [1.29, 1.82) is 0 Å². The number of likely N-dealkylation sites (N-methyl/N-ethyl adjacent to an activating group) is 1. The van der Waals surface area contributed by atoms with Crippen molar-refractivity contribution in [2.45, 2.75) is 45.6 Å². The fraction of sp³-hybridized carbons (Fsp3) is 0.444. The van der Waals surface area contributed by atoms with E-state index in [0.29, 0.717) is 57.4 Å². The molecule has 6 nitrogen and oxygen atoms in total. The Kier molecular flexibility index (Phi) is 9.19. The zero-order valence-corrected chi connectivity index (χ0v) is 20.0. The summed E-state index contributed by atoms with van der Waals surface area (Å²) in [7, 11) is 0. The normalized spacial score (nSPS) is 15.0. The molecule has 34 heavy (non-hydrogen) atoms. The Bertz CT molecular complexity index is 953. The summed E-state index contributed by atoms with van der Waals surface area (Å²) in [6, 6.07) is 14.6. The quantitative estimate of drug-likeness (QED) is 0.612. The summed E-state index contributed by atoms with van der Waals surface area (Å²) in [5.74, 6) is -0.891. The van der Waals surface area contributed by atoms with Gasteiger partial charge in [0.25, 0.3) is 5.91 Å². The molecule has 0 aromatic heterocycles. The predicted octanol–water partition coefficient (Wildman–Crippen LogP) is 3.66. The van der Waals surface area contributed by atoms with E-state index in [2.05, 4.69) is 5.32 Å². The van der Waals surface area contributed by atoms with E-state index in [9.17, 15) is 18.8 Å². The molecule has 3 rings (SSSR count). The summed E-state index contributed by atoms with van der Waals surface area (Å²) in [6.07, 6.45) is 2.44. The molecular formula is C27H34FN3O3. The summed E-state index contributed by atoms with van der Waals surface area (Å²) >= 11 is 0. The number of hydrogen-bond donors (Lipinski definition) is 1. The number of nitrogens with zero attached hydrogens (tertiary/aromatic N) is 2. The fourth-order valence-corrected chi connectivity index (χ4v) is 4.48. The van der Waals surface area contributed by atoms with Gasteiger partial charge < -0.3 is 15.1 Å². The first-order chi connectivity index (χ1) is 16.4. The minimum absolute atomic E-state index is 0.0735. The predicted molar refractivity (Wildman–Crippen MR) is 130 cm³/mol. The van der Waals surface area contributed by atoms with Gasteiger partial charge in [-0.3, -0.25) is 14.4 Å².